The van der Waals surface area contributed by atoms with E-state index >= 15 is 0 Å². The molecule has 0 bridgehead atoms. The number of rotatable bonds is 9. The standard InChI is InChI=1S/C28H33ClN6O3/c1-15(2)35-21(11-13-30-35)27(36)33-25(24(18-5-6-18)19-7-8-19)28(37)32-22-10-9-20(26(29)31-22)23-16(3)12-14-34(38)17(23)4/h9-15,18-19,24-25H,5-8H2,1-4H3,(H,33,36)(H,31,32,37)/t25-/m0/s1. The fourth-order valence-electron chi connectivity index (χ4n) is 5.42. The molecule has 38 heavy (non-hydrogen) atoms. The molecular weight excluding hydrogens is 504 g/mol. The van der Waals surface area contributed by atoms with Gasteiger partial charge in [0.2, 0.25) is 5.91 Å². The summed E-state index contributed by atoms with van der Waals surface area (Å²) in [7, 11) is 0. The fourth-order valence-corrected chi connectivity index (χ4v) is 5.67. The summed E-state index contributed by atoms with van der Waals surface area (Å²) in [6.45, 7) is 7.55. The molecule has 9 nitrogen and oxygen atoms in total. The predicted octanol–water partition coefficient (Wildman–Crippen LogP) is 4.60. The largest absolute Gasteiger partial charge is 0.618 e. The van der Waals surface area contributed by atoms with E-state index in [9.17, 15) is 14.8 Å². The van der Waals surface area contributed by atoms with Crippen LogP contribution in [0.2, 0.25) is 5.15 Å². The van der Waals surface area contributed by atoms with Crippen LogP contribution in [-0.2, 0) is 4.79 Å². The molecule has 0 aromatic carbocycles. The smallest absolute Gasteiger partial charge is 0.270 e. The number of halogens is 1. The molecule has 0 aliphatic heterocycles. The Morgan fingerprint density at radius 1 is 1.11 bits per heavy atom. The fraction of sp³-hybridized carbons (Fsp3) is 0.464. The number of pyridine rings is 2. The zero-order valence-electron chi connectivity index (χ0n) is 22.1. The van der Waals surface area contributed by atoms with E-state index in [2.05, 4.69) is 20.7 Å². The Balaban J connectivity index is 1.40. The predicted molar refractivity (Wildman–Crippen MR) is 145 cm³/mol. The van der Waals surface area contributed by atoms with Gasteiger partial charge in [-0.1, -0.05) is 11.6 Å². The highest BCUT2D eigenvalue weighted by molar-refractivity contribution is 6.32. The molecule has 2 aliphatic rings. The third kappa shape index (κ3) is 5.25. The second-order valence-corrected chi connectivity index (χ2v) is 11.1. The van der Waals surface area contributed by atoms with Crippen molar-refractivity contribution in [1.29, 1.82) is 0 Å². The van der Waals surface area contributed by atoms with Crippen molar-refractivity contribution >= 4 is 29.2 Å². The molecule has 2 fully saturated rings. The number of hydrogen-bond acceptors (Lipinski definition) is 5. The number of anilines is 1. The molecule has 1 atom stereocenters. The van der Waals surface area contributed by atoms with E-state index in [4.69, 9.17) is 11.6 Å². The first-order chi connectivity index (χ1) is 18.2. The zero-order chi connectivity index (χ0) is 27.1. The molecule has 3 heterocycles. The lowest BCUT2D eigenvalue weighted by Gasteiger charge is -2.27. The van der Waals surface area contributed by atoms with Crippen molar-refractivity contribution in [2.45, 2.75) is 65.5 Å². The van der Waals surface area contributed by atoms with E-state index in [1.807, 2.05) is 20.8 Å². The summed E-state index contributed by atoms with van der Waals surface area (Å²) < 4.78 is 2.45. The van der Waals surface area contributed by atoms with Crippen molar-refractivity contribution in [3.63, 3.8) is 0 Å². The normalized spacial score (nSPS) is 16.1. The van der Waals surface area contributed by atoms with E-state index in [0.29, 0.717) is 40.2 Å². The first kappa shape index (κ1) is 26.2. The zero-order valence-corrected chi connectivity index (χ0v) is 22.8. The van der Waals surface area contributed by atoms with Gasteiger partial charge in [-0.2, -0.15) is 9.83 Å². The summed E-state index contributed by atoms with van der Waals surface area (Å²) in [5.41, 5.74) is 3.18. The highest BCUT2D eigenvalue weighted by Gasteiger charge is 2.48. The van der Waals surface area contributed by atoms with Gasteiger partial charge in [-0.15, -0.1) is 0 Å². The molecule has 3 aromatic rings. The summed E-state index contributed by atoms with van der Waals surface area (Å²) in [6.07, 6.45) is 7.33. The van der Waals surface area contributed by atoms with Crippen LogP contribution in [0.4, 0.5) is 5.82 Å². The first-order valence-electron chi connectivity index (χ1n) is 13.2. The topological polar surface area (TPSA) is 116 Å². The van der Waals surface area contributed by atoms with Crippen molar-refractivity contribution in [2.75, 3.05) is 5.32 Å². The minimum absolute atomic E-state index is 0.0125. The van der Waals surface area contributed by atoms with Gasteiger partial charge in [0.1, 0.15) is 22.7 Å². The minimum atomic E-state index is -0.698. The van der Waals surface area contributed by atoms with Crippen LogP contribution in [0.1, 0.15) is 67.3 Å². The van der Waals surface area contributed by atoms with Crippen molar-refractivity contribution in [1.82, 2.24) is 20.1 Å². The van der Waals surface area contributed by atoms with E-state index in [0.717, 1.165) is 36.0 Å². The quantitative estimate of drug-likeness (QED) is 0.235. The van der Waals surface area contributed by atoms with Crippen molar-refractivity contribution in [3.05, 3.63) is 64.0 Å². The second kappa shape index (κ2) is 10.4. The van der Waals surface area contributed by atoms with Gasteiger partial charge in [-0.3, -0.25) is 14.3 Å². The van der Waals surface area contributed by atoms with Crippen molar-refractivity contribution in [2.24, 2.45) is 17.8 Å². The van der Waals surface area contributed by atoms with Crippen molar-refractivity contribution in [3.8, 4) is 11.1 Å². The Hall–Kier alpha value is -3.46. The van der Waals surface area contributed by atoms with Gasteiger partial charge in [-0.05, 0) is 88.0 Å². The molecule has 0 saturated heterocycles. The number of aromatic nitrogens is 4. The Kier molecular flexibility index (Phi) is 7.13. The molecule has 2 aliphatic carbocycles. The third-order valence-electron chi connectivity index (χ3n) is 7.59. The third-order valence-corrected chi connectivity index (χ3v) is 7.88. The van der Waals surface area contributed by atoms with Gasteiger partial charge in [0, 0.05) is 30.8 Å². The lowest BCUT2D eigenvalue weighted by molar-refractivity contribution is -0.611. The lowest BCUT2D eigenvalue weighted by Crippen LogP contribution is -2.50. The average molecular weight is 537 g/mol. The molecular formula is C28H33ClN6O3. The summed E-state index contributed by atoms with van der Waals surface area (Å²) in [5.74, 6) is 0.599. The highest BCUT2D eigenvalue weighted by Crippen LogP contribution is 2.51. The SMILES string of the molecule is Cc1cc[n+]([O-])c(C)c1-c1ccc(NC(=O)[C@@H](NC(=O)c2ccnn2C(C)C)C(C2CC2)C2CC2)nc1Cl. The molecule has 0 radical (unpaired) electrons. The molecule has 2 N–H and O–H groups in total. The van der Waals surface area contributed by atoms with Gasteiger partial charge in [-0.25, -0.2) is 4.98 Å². The second-order valence-electron chi connectivity index (χ2n) is 10.8. The maximum atomic E-state index is 13.7. The lowest BCUT2D eigenvalue weighted by atomic mass is 9.88. The van der Waals surface area contributed by atoms with Crippen LogP contribution < -0.4 is 15.4 Å². The molecule has 3 aromatic heterocycles. The van der Waals surface area contributed by atoms with Gasteiger partial charge in [0.05, 0.1) is 5.56 Å². The monoisotopic (exact) mass is 536 g/mol. The highest BCUT2D eigenvalue weighted by atomic mass is 35.5. The number of aryl methyl sites for hydroxylation is 1. The van der Waals surface area contributed by atoms with Crippen LogP contribution in [0, 0.1) is 36.8 Å². The van der Waals surface area contributed by atoms with Gasteiger partial charge >= 0.3 is 0 Å². The van der Waals surface area contributed by atoms with E-state index in [-0.39, 0.29) is 28.9 Å². The van der Waals surface area contributed by atoms with Gasteiger partial charge in [0.25, 0.3) is 5.91 Å². The number of carbonyl (C=O) groups is 2. The van der Waals surface area contributed by atoms with Crippen molar-refractivity contribution < 1.29 is 14.3 Å². The van der Waals surface area contributed by atoms with E-state index in [1.165, 1.54) is 6.20 Å². The van der Waals surface area contributed by atoms with E-state index in [1.54, 1.807) is 42.1 Å². The summed E-state index contributed by atoms with van der Waals surface area (Å²) in [4.78, 5) is 31.4. The van der Waals surface area contributed by atoms with Crippen LogP contribution in [0.5, 0.6) is 0 Å². The number of hydrogen-bond donors (Lipinski definition) is 2. The summed E-state index contributed by atoms with van der Waals surface area (Å²) in [5, 5.41) is 22.5. The van der Waals surface area contributed by atoms with Gasteiger partial charge in [0.15, 0.2) is 11.9 Å². The minimum Gasteiger partial charge on any atom is -0.618 e. The molecule has 2 saturated carbocycles. The molecule has 0 spiro atoms. The average Bonchev–Trinajstić information content (AvgIpc) is 3.82. The summed E-state index contributed by atoms with van der Waals surface area (Å²) in [6, 6.07) is 6.15. The Labute approximate surface area is 227 Å². The first-order valence-corrected chi connectivity index (χ1v) is 13.5. The maximum absolute atomic E-state index is 13.7. The number of nitrogens with zero attached hydrogens (tertiary/aromatic N) is 4. The number of nitrogens with one attached hydrogen (secondary N) is 2. The Bertz CT molecular complexity index is 1370. The summed E-state index contributed by atoms with van der Waals surface area (Å²) >= 11 is 6.55. The number of amides is 2. The van der Waals surface area contributed by atoms with Crippen LogP contribution in [0.3, 0.4) is 0 Å². The van der Waals surface area contributed by atoms with Crippen LogP contribution >= 0.6 is 11.6 Å². The maximum Gasteiger partial charge on any atom is 0.270 e. The van der Waals surface area contributed by atoms with Crippen LogP contribution in [0.25, 0.3) is 11.1 Å². The molecule has 0 unspecified atom stereocenters. The van der Waals surface area contributed by atoms with E-state index < -0.39 is 6.04 Å². The molecule has 200 valence electrons. The Morgan fingerprint density at radius 2 is 1.79 bits per heavy atom. The van der Waals surface area contributed by atoms with Crippen LogP contribution in [-0.4, -0.2) is 32.6 Å². The molecule has 10 heteroatoms. The molecule has 5 rings (SSSR count). The number of carbonyl (C=O) groups excluding carboxylic acids is 2. The van der Waals surface area contributed by atoms with Gasteiger partial charge < -0.3 is 15.8 Å². The van der Waals surface area contributed by atoms with Crippen LogP contribution in [0.15, 0.2) is 36.7 Å². The molecule has 2 amide bonds. The Morgan fingerprint density at radius 3 is 2.39 bits per heavy atom.